The van der Waals surface area contributed by atoms with E-state index >= 15 is 0 Å². The van der Waals surface area contributed by atoms with Gasteiger partial charge in [0, 0.05) is 22.9 Å². The number of H-pyrrole nitrogens is 1. The van der Waals surface area contributed by atoms with Crippen molar-refractivity contribution in [1.82, 2.24) is 15.0 Å². The van der Waals surface area contributed by atoms with E-state index in [2.05, 4.69) is 49.2 Å². The Labute approximate surface area is 211 Å². The molecule has 4 aromatic rings. The van der Waals surface area contributed by atoms with Gasteiger partial charge < -0.3 is 9.72 Å². The SMILES string of the molecule is CCc1c(SCCCCCc2ccc(C)cc2)ccnc1CSc1nc2ccc(OC)cc2[nH]1. The number of imidazole rings is 1. The lowest BCUT2D eigenvalue weighted by Gasteiger charge is -2.12. The minimum Gasteiger partial charge on any atom is -0.497 e. The number of hydrogen-bond acceptors (Lipinski definition) is 5. The van der Waals surface area contributed by atoms with Crippen molar-refractivity contribution < 1.29 is 4.74 Å². The van der Waals surface area contributed by atoms with E-state index in [1.165, 1.54) is 47.3 Å². The molecule has 2 heterocycles. The third kappa shape index (κ3) is 6.57. The van der Waals surface area contributed by atoms with Crippen LogP contribution in [0.15, 0.2) is 64.8 Å². The summed E-state index contributed by atoms with van der Waals surface area (Å²) >= 11 is 3.68. The number of methoxy groups -OCH3 is 1. The summed E-state index contributed by atoms with van der Waals surface area (Å²) in [4.78, 5) is 14.2. The molecule has 0 atom stereocenters. The number of benzene rings is 2. The number of nitrogens with one attached hydrogen (secondary N) is 1. The van der Waals surface area contributed by atoms with Gasteiger partial charge in [0.2, 0.25) is 0 Å². The number of rotatable bonds is 12. The number of pyridine rings is 1. The number of fused-ring (bicyclic) bond motifs is 1. The number of unbranched alkanes of at least 4 members (excludes halogenated alkanes) is 2. The van der Waals surface area contributed by atoms with Crippen molar-refractivity contribution in [1.29, 1.82) is 0 Å². The molecule has 4 rings (SSSR count). The van der Waals surface area contributed by atoms with Crippen molar-refractivity contribution in [3.63, 3.8) is 0 Å². The largest absolute Gasteiger partial charge is 0.497 e. The van der Waals surface area contributed by atoms with Crippen LogP contribution in [-0.2, 0) is 18.6 Å². The second-order valence-corrected chi connectivity index (χ2v) is 10.5. The highest BCUT2D eigenvalue weighted by Crippen LogP contribution is 2.30. The van der Waals surface area contributed by atoms with Gasteiger partial charge in [-0.05, 0) is 67.7 Å². The molecule has 2 aromatic carbocycles. The number of nitrogens with zero attached hydrogens (tertiary/aromatic N) is 2. The zero-order valence-electron chi connectivity index (χ0n) is 20.3. The lowest BCUT2D eigenvalue weighted by molar-refractivity contribution is 0.415. The molecule has 0 aliphatic rings. The van der Waals surface area contributed by atoms with Gasteiger partial charge in [-0.3, -0.25) is 4.98 Å². The highest BCUT2D eigenvalue weighted by atomic mass is 32.2. The molecule has 1 N–H and O–H groups in total. The van der Waals surface area contributed by atoms with Gasteiger partial charge in [-0.15, -0.1) is 11.8 Å². The summed E-state index contributed by atoms with van der Waals surface area (Å²) in [6.45, 7) is 4.37. The molecule has 0 radical (unpaired) electrons. The maximum Gasteiger partial charge on any atom is 0.166 e. The van der Waals surface area contributed by atoms with Crippen molar-refractivity contribution in [3.05, 3.63) is 77.1 Å². The van der Waals surface area contributed by atoms with Gasteiger partial charge in [0.1, 0.15) is 5.75 Å². The Kier molecular flexibility index (Phi) is 8.94. The molecule has 2 aromatic heterocycles. The van der Waals surface area contributed by atoms with Crippen LogP contribution in [0.2, 0.25) is 0 Å². The van der Waals surface area contributed by atoms with Crippen LogP contribution in [0, 0.1) is 6.92 Å². The minimum absolute atomic E-state index is 0.811. The first-order valence-corrected chi connectivity index (χ1v) is 13.9. The van der Waals surface area contributed by atoms with Crippen molar-refractivity contribution in [2.75, 3.05) is 12.9 Å². The van der Waals surface area contributed by atoms with Crippen LogP contribution in [0.4, 0.5) is 0 Å². The summed E-state index contributed by atoms with van der Waals surface area (Å²) in [5.41, 5.74) is 7.27. The Balaban J connectivity index is 1.28. The average molecular weight is 492 g/mol. The molecule has 0 aliphatic heterocycles. The normalized spacial score (nSPS) is 11.3. The first kappa shape index (κ1) is 24.7. The fourth-order valence-corrected chi connectivity index (χ4v) is 6.02. The number of thioether (sulfide) groups is 2. The topological polar surface area (TPSA) is 50.8 Å². The second kappa shape index (κ2) is 12.3. The lowest BCUT2D eigenvalue weighted by Crippen LogP contribution is -1.98. The van der Waals surface area contributed by atoms with Crippen molar-refractivity contribution in [3.8, 4) is 5.75 Å². The lowest BCUT2D eigenvalue weighted by atomic mass is 10.1. The summed E-state index contributed by atoms with van der Waals surface area (Å²) in [6, 6.07) is 17.0. The minimum atomic E-state index is 0.811. The van der Waals surface area contributed by atoms with E-state index in [4.69, 9.17) is 14.7 Å². The second-order valence-electron chi connectivity index (χ2n) is 8.45. The van der Waals surface area contributed by atoms with Crippen LogP contribution in [0.1, 0.15) is 48.6 Å². The van der Waals surface area contributed by atoms with E-state index < -0.39 is 0 Å². The molecule has 0 amide bonds. The number of ether oxygens (including phenoxy) is 1. The quantitative estimate of drug-likeness (QED) is 0.163. The van der Waals surface area contributed by atoms with E-state index in [9.17, 15) is 0 Å². The third-order valence-corrected chi connectivity index (χ3v) is 8.03. The van der Waals surface area contributed by atoms with Crippen LogP contribution in [-0.4, -0.2) is 27.8 Å². The van der Waals surface area contributed by atoms with E-state index in [0.717, 1.165) is 45.6 Å². The number of aromatic amines is 1. The highest BCUT2D eigenvalue weighted by Gasteiger charge is 2.11. The van der Waals surface area contributed by atoms with Gasteiger partial charge in [-0.25, -0.2) is 4.98 Å². The summed E-state index contributed by atoms with van der Waals surface area (Å²) in [5, 5.41) is 0.915. The molecule has 0 fully saturated rings. The zero-order valence-corrected chi connectivity index (χ0v) is 21.9. The van der Waals surface area contributed by atoms with E-state index in [1.54, 1.807) is 18.9 Å². The van der Waals surface area contributed by atoms with Gasteiger partial charge in [0.05, 0.1) is 23.8 Å². The molecule has 0 bridgehead atoms. The maximum absolute atomic E-state index is 5.32. The van der Waals surface area contributed by atoms with E-state index in [-0.39, 0.29) is 0 Å². The first-order chi connectivity index (χ1) is 16.7. The fraction of sp³-hybridized carbons (Fsp3) is 0.357. The van der Waals surface area contributed by atoms with Gasteiger partial charge in [-0.2, -0.15) is 0 Å². The Morgan fingerprint density at radius 1 is 0.971 bits per heavy atom. The molecule has 0 spiro atoms. The van der Waals surface area contributed by atoms with Crippen LogP contribution < -0.4 is 4.74 Å². The first-order valence-electron chi connectivity index (χ1n) is 12.0. The number of aromatic nitrogens is 3. The summed E-state index contributed by atoms with van der Waals surface area (Å²) in [7, 11) is 1.68. The maximum atomic E-state index is 5.32. The monoisotopic (exact) mass is 491 g/mol. The predicted octanol–water partition coefficient (Wildman–Crippen LogP) is 7.63. The summed E-state index contributed by atoms with van der Waals surface area (Å²) in [5.74, 6) is 2.80. The molecule has 0 saturated carbocycles. The van der Waals surface area contributed by atoms with Crippen molar-refractivity contribution in [2.24, 2.45) is 0 Å². The number of hydrogen-bond donors (Lipinski definition) is 1. The van der Waals surface area contributed by atoms with Gasteiger partial charge in [0.15, 0.2) is 5.16 Å². The zero-order chi connectivity index (χ0) is 23.8. The molecular weight excluding hydrogens is 458 g/mol. The van der Waals surface area contributed by atoms with E-state index in [0.29, 0.717) is 0 Å². The van der Waals surface area contributed by atoms with Crippen molar-refractivity contribution in [2.45, 2.75) is 61.8 Å². The summed E-state index contributed by atoms with van der Waals surface area (Å²) in [6.07, 6.45) is 7.90. The Hall–Kier alpha value is -2.44. The molecule has 0 aliphatic carbocycles. The van der Waals surface area contributed by atoms with Crippen LogP contribution in [0.3, 0.4) is 0 Å². The Morgan fingerprint density at radius 2 is 1.82 bits per heavy atom. The van der Waals surface area contributed by atoms with Crippen LogP contribution in [0.5, 0.6) is 5.75 Å². The standard InChI is InChI=1S/C28H33N3OS2/c1-4-23-26(19-34-28-30-24-14-13-22(32-3)18-25(24)31-28)29-16-15-27(23)33-17-7-5-6-8-21-11-9-20(2)10-12-21/h9-16,18H,4-8,17,19H2,1-3H3,(H,30,31). The van der Waals surface area contributed by atoms with Gasteiger partial charge >= 0.3 is 0 Å². The molecular formula is C28H33N3OS2. The molecule has 0 saturated heterocycles. The third-order valence-electron chi connectivity index (χ3n) is 5.96. The number of aryl methyl sites for hydroxylation is 2. The Bertz CT molecular complexity index is 1200. The van der Waals surface area contributed by atoms with Crippen LogP contribution in [0.25, 0.3) is 11.0 Å². The smallest absolute Gasteiger partial charge is 0.166 e. The molecule has 0 unspecified atom stereocenters. The van der Waals surface area contributed by atoms with Gasteiger partial charge in [-0.1, -0.05) is 54.9 Å². The predicted molar refractivity (Wildman–Crippen MR) is 145 cm³/mol. The molecule has 6 heteroatoms. The highest BCUT2D eigenvalue weighted by molar-refractivity contribution is 7.99. The average Bonchev–Trinajstić information content (AvgIpc) is 3.28. The summed E-state index contributed by atoms with van der Waals surface area (Å²) < 4.78 is 5.32. The van der Waals surface area contributed by atoms with Gasteiger partial charge in [0.25, 0.3) is 0 Å². The van der Waals surface area contributed by atoms with E-state index in [1.807, 2.05) is 36.2 Å². The van der Waals surface area contributed by atoms with Crippen LogP contribution >= 0.6 is 23.5 Å². The molecule has 34 heavy (non-hydrogen) atoms. The Morgan fingerprint density at radius 3 is 2.62 bits per heavy atom. The fourth-order valence-electron chi connectivity index (χ4n) is 4.00. The molecule has 4 nitrogen and oxygen atoms in total. The van der Waals surface area contributed by atoms with Crippen molar-refractivity contribution >= 4 is 34.6 Å². The molecule has 178 valence electrons.